The number of nitrogens with zero attached hydrogens (tertiary/aromatic N) is 4. The van der Waals surface area contributed by atoms with Crippen molar-refractivity contribution in [2.45, 2.75) is 0 Å². The Kier molecular flexibility index (Phi) is 7.42. The molecule has 0 aliphatic rings. The summed E-state index contributed by atoms with van der Waals surface area (Å²) < 4.78 is 8.62. The van der Waals surface area contributed by atoms with E-state index < -0.39 is 0 Å². The van der Waals surface area contributed by atoms with Crippen molar-refractivity contribution in [3.8, 4) is 62.1 Å². The van der Waals surface area contributed by atoms with E-state index in [4.69, 9.17) is 19.4 Å². The van der Waals surface area contributed by atoms with Crippen LogP contribution in [0.3, 0.4) is 0 Å². The second-order valence-electron chi connectivity index (χ2n) is 14.1. The highest BCUT2D eigenvalue weighted by Gasteiger charge is 2.18. The number of para-hydroxylation sites is 1. The zero-order valence-electron chi connectivity index (χ0n) is 30.2. The molecule has 5 nitrogen and oxygen atoms in total. The van der Waals surface area contributed by atoms with Gasteiger partial charge in [-0.3, -0.25) is 0 Å². The second-order valence-corrected chi connectivity index (χ2v) is 14.1. The Morgan fingerprint density at radius 2 is 0.786 bits per heavy atom. The number of fused-ring (bicyclic) bond motifs is 6. The summed E-state index contributed by atoms with van der Waals surface area (Å²) in [5.74, 6) is 1.79. The summed E-state index contributed by atoms with van der Waals surface area (Å²) in [4.78, 5) is 15.2. The van der Waals surface area contributed by atoms with E-state index in [9.17, 15) is 0 Å². The lowest BCUT2D eigenvalue weighted by molar-refractivity contribution is 0.669. The van der Waals surface area contributed by atoms with Gasteiger partial charge in [-0.1, -0.05) is 140 Å². The first-order valence-electron chi connectivity index (χ1n) is 18.8. The molecule has 0 unspecified atom stereocenters. The van der Waals surface area contributed by atoms with Crippen molar-refractivity contribution in [1.82, 2.24) is 19.5 Å². The molecule has 0 aliphatic carbocycles. The lowest BCUT2D eigenvalue weighted by Gasteiger charge is -2.12. The molecule has 0 spiro atoms. The maximum Gasteiger partial charge on any atom is 0.164 e. The SMILES string of the molecule is c1ccc(-c2ccc3c(c2)c2cc(-c4ccccc4)ccc2n3-c2cccc(-c3nc(-c4ccccc4)nc(-c4ccc5c(c4)oc4ccccc45)n3)c2)cc1. The highest BCUT2D eigenvalue weighted by Crippen LogP contribution is 2.38. The van der Waals surface area contributed by atoms with Crippen LogP contribution in [0.25, 0.3) is 106 Å². The van der Waals surface area contributed by atoms with E-state index in [2.05, 4.69) is 144 Å². The zero-order chi connectivity index (χ0) is 37.0. The molecule has 262 valence electrons. The van der Waals surface area contributed by atoms with Crippen molar-refractivity contribution in [2.75, 3.05) is 0 Å². The zero-order valence-corrected chi connectivity index (χ0v) is 30.2. The van der Waals surface area contributed by atoms with Crippen LogP contribution in [0.4, 0.5) is 0 Å². The van der Waals surface area contributed by atoms with E-state index in [-0.39, 0.29) is 0 Å². The predicted octanol–water partition coefficient (Wildman–Crippen LogP) is 13.2. The van der Waals surface area contributed by atoms with Gasteiger partial charge >= 0.3 is 0 Å². The molecule has 0 aliphatic heterocycles. The molecule has 0 bridgehead atoms. The highest BCUT2D eigenvalue weighted by molar-refractivity contribution is 6.12. The number of rotatable bonds is 6. The Bertz CT molecular complexity index is 3140. The van der Waals surface area contributed by atoms with E-state index in [1.807, 2.05) is 54.6 Å². The van der Waals surface area contributed by atoms with Crippen molar-refractivity contribution in [1.29, 1.82) is 0 Å². The van der Waals surface area contributed by atoms with Gasteiger partial charge in [0.15, 0.2) is 17.5 Å². The maximum atomic E-state index is 6.26. The highest BCUT2D eigenvalue weighted by atomic mass is 16.3. The summed E-state index contributed by atoms with van der Waals surface area (Å²) in [5.41, 5.74) is 12.4. The number of benzene rings is 8. The van der Waals surface area contributed by atoms with Crippen molar-refractivity contribution in [3.63, 3.8) is 0 Å². The minimum Gasteiger partial charge on any atom is -0.456 e. The molecular formula is C51H32N4O. The van der Waals surface area contributed by atoms with E-state index in [1.165, 1.54) is 33.0 Å². The molecule has 0 radical (unpaired) electrons. The fraction of sp³-hybridized carbons (Fsp3) is 0. The smallest absolute Gasteiger partial charge is 0.164 e. The van der Waals surface area contributed by atoms with Gasteiger partial charge < -0.3 is 8.98 Å². The van der Waals surface area contributed by atoms with Crippen LogP contribution in [0, 0.1) is 0 Å². The van der Waals surface area contributed by atoms with Crippen LogP contribution in [-0.4, -0.2) is 19.5 Å². The molecular weight excluding hydrogens is 685 g/mol. The number of furan rings is 1. The number of hydrogen-bond acceptors (Lipinski definition) is 4. The molecule has 0 saturated heterocycles. The molecule has 3 heterocycles. The average Bonchev–Trinajstić information content (AvgIpc) is 3.82. The second kappa shape index (κ2) is 13.0. The van der Waals surface area contributed by atoms with Gasteiger partial charge in [0.25, 0.3) is 0 Å². The maximum absolute atomic E-state index is 6.26. The molecule has 11 rings (SSSR count). The van der Waals surface area contributed by atoms with Crippen LogP contribution in [0.1, 0.15) is 0 Å². The third kappa shape index (κ3) is 5.45. The summed E-state index contributed by atoms with van der Waals surface area (Å²) in [6.07, 6.45) is 0. The first kappa shape index (κ1) is 31.9. The monoisotopic (exact) mass is 716 g/mol. The van der Waals surface area contributed by atoms with E-state index >= 15 is 0 Å². The van der Waals surface area contributed by atoms with Gasteiger partial charge in [0.05, 0.1) is 11.0 Å². The minimum absolute atomic E-state index is 0.584. The molecule has 0 fully saturated rings. The molecule has 0 saturated carbocycles. The van der Waals surface area contributed by atoms with Gasteiger partial charge in [-0.15, -0.1) is 0 Å². The summed E-state index contributed by atoms with van der Waals surface area (Å²) >= 11 is 0. The van der Waals surface area contributed by atoms with E-state index in [0.717, 1.165) is 55.3 Å². The quantitative estimate of drug-likeness (QED) is 0.172. The Labute approximate surface area is 322 Å². The van der Waals surface area contributed by atoms with Crippen molar-refractivity contribution < 1.29 is 4.42 Å². The van der Waals surface area contributed by atoms with Crippen LogP contribution in [0.15, 0.2) is 199 Å². The van der Waals surface area contributed by atoms with Crippen LogP contribution in [0.2, 0.25) is 0 Å². The van der Waals surface area contributed by atoms with E-state index in [1.54, 1.807) is 0 Å². The van der Waals surface area contributed by atoms with Gasteiger partial charge in [0.2, 0.25) is 0 Å². The van der Waals surface area contributed by atoms with Gasteiger partial charge in [-0.2, -0.15) is 0 Å². The average molecular weight is 717 g/mol. The largest absolute Gasteiger partial charge is 0.456 e. The summed E-state index contributed by atoms with van der Waals surface area (Å²) in [6, 6.07) is 67.7. The third-order valence-corrected chi connectivity index (χ3v) is 10.6. The molecule has 11 aromatic rings. The summed E-state index contributed by atoms with van der Waals surface area (Å²) in [6.45, 7) is 0. The molecule has 0 amide bonds. The molecule has 0 atom stereocenters. The minimum atomic E-state index is 0.584. The number of aromatic nitrogens is 4. The predicted molar refractivity (Wildman–Crippen MR) is 229 cm³/mol. The van der Waals surface area contributed by atoms with Gasteiger partial charge in [0.1, 0.15) is 11.2 Å². The molecule has 56 heavy (non-hydrogen) atoms. The molecule has 3 aromatic heterocycles. The molecule has 5 heteroatoms. The lowest BCUT2D eigenvalue weighted by atomic mass is 10.0. The Morgan fingerprint density at radius 3 is 1.41 bits per heavy atom. The summed E-state index contributed by atoms with van der Waals surface area (Å²) in [7, 11) is 0. The fourth-order valence-corrected chi connectivity index (χ4v) is 7.92. The van der Waals surface area contributed by atoms with Crippen molar-refractivity contribution >= 4 is 43.7 Å². The molecule has 0 N–H and O–H groups in total. The first-order chi connectivity index (χ1) is 27.7. The fourth-order valence-electron chi connectivity index (χ4n) is 7.92. The van der Waals surface area contributed by atoms with E-state index in [0.29, 0.717) is 17.5 Å². The van der Waals surface area contributed by atoms with Gasteiger partial charge in [-0.25, -0.2) is 15.0 Å². The van der Waals surface area contributed by atoms with Gasteiger partial charge in [0, 0.05) is 43.9 Å². The van der Waals surface area contributed by atoms with Crippen LogP contribution >= 0.6 is 0 Å². The first-order valence-corrected chi connectivity index (χ1v) is 18.8. The summed E-state index contributed by atoms with van der Waals surface area (Å²) in [5, 5.41) is 4.54. The van der Waals surface area contributed by atoms with Crippen LogP contribution in [-0.2, 0) is 0 Å². The normalized spacial score (nSPS) is 11.6. The van der Waals surface area contributed by atoms with Crippen LogP contribution < -0.4 is 0 Å². The lowest BCUT2D eigenvalue weighted by Crippen LogP contribution is -2.01. The number of hydrogen-bond donors (Lipinski definition) is 0. The standard InChI is InChI=1S/C51H32N4O/c1-4-13-33(14-5-1)36-24-27-45-43(30-36)44-31-37(34-15-6-2-7-16-34)25-28-46(44)55(45)40-20-12-19-38(29-40)50-52-49(35-17-8-3-9-18-35)53-51(54-50)39-23-26-42-41-21-10-11-22-47(41)56-48(42)32-39/h1-32H. The van der Waals surface area contributed by atoms with Crippen molar-refractivity contribution in [2.24, 2.45) is 0 Å². The van der Waals surface area contributed by atoms with Gasteiger partial charge in [-0.05, 0) is 76.9 Å². The third-order valence-electron chi connectivity index (χ3n) is 10.6. The Hall–Kier alpha value is -7.63. The Morgan fingerprint density at radius 1 is 0.304 bits per heavy atom. The van der Waals surface area contributed by atoms with Crippen LogP contribution in [0.5, 0.6) is 0 Å². The van der Waals surface area contributed by atoms with Crippen molar-refractivity contribution in [3.05, 3.63) is 194 Å². The topological polar surface area (TPSA) is 56.7 Å². The molecule has 8 aromatic carbocycles. The Balaban J connectivity index is 1.09.